The zero-order valence-corrected chi connectivity index (χ0v) is 20.6. The molecule has 2 aromatic carbocycles. The van der Waals surface area contributed by atoms with E-state index in [9.17, 15) is 0 Å². The lowest BCUT2D eigenvalue weighted by Crippen LogP contribution is -2.47. The molecular weight excluding hydrogens is 432 g/mol. The molecule has 0 amide bonds. The van der Waals surface area contributed by atoms with Crippen molar-refractivity contribution in [3.05, 3.63) is 71.2 Å². The standard InChI is InChI=1S/C26H30N4O2S/c1-6-31-21-13-11-20(12-14-21)24-28-25(32-29-24)22-18(5)30(15-16(2)3)26(33)27-23(22)19-9-7-17(4)8-10-19/h7-14,16,23H,6,15H2,1-5H3,(H,27,33). The second kappa shape index (κ2) is 9.75. The smallest absolute Gasteiger partial charge is 0.258 e. The Morgan fingerprint density at radius 2 is 1.79 bits per heavy atom. The maximum atomic E-state index is 5.81. The van der Waals surface area contributed by atoms with Gasteiger partial charge in [0, 0.05) is 17.8 Å². The molecule has 1 unspecified atom stereocenters. The van der Waals surface area contributed by atoms with Gasteiger partial charge in [-0.1, -0.05) is 48.8 Å². The minimum absolute atomic E-state index is 0.171. The van der Waals surface area contributed by atoms with Gasteiger partial charge in [0.25, 0.3) is 5.89 Å². The molecule has 1 atom stereocenters. The first-order valence-electron chi connectivity index (χ1n) is 11.3. The lowest BCUT2D eigenvalue weighted by atomic mass is 9.94. The van der Waals surface area contributed by atoms with Crippen LogP contribution in [0.25, 0.3) is 17.0 Å². The molecule has 7 heteroatoms. The Balaban J connectivity index is 1.75. The van der Waals surface area contributed by atoms with Crippen LogP contribution >= 0.6 is 12.2 Å². The van der Waals surface area contributed by atoms with Gasteiger partial charge in [0.05, 0.1) is 18.2 Å². The Kier molecular flexibility index (Phi) is 6.79. The van der Waals surface area contributed by atoms with E-state index >= 15 is 0 Å². The zero-order chi connectivity index (χ0) is 23.5. The number of rotatable bonds is 7. The Hall–Kier alpha value is -3.19. The molecule has 0 aliphatic carbocycles. The number of aryl methyl sites for hydroxylation is 1. The molecule has 0 saturated carbocycles. The van der Waals surface area contributed by atoms with Gasteiger partial charge in [0.15, 0.2) is 5.11 Å². The molecule has 0 fully saturated rings. The van der Waals surface area contributed by atoms with E-state index in [1.807, 2.05) is 31.2 Å². The number of nitrogens with one attached hydrogen (secondary N) is 1. The molecule has 0 saturated heterocycles. The van der Waals surface area contributed by atoms with Gasteiger partial charge in [-0.05, 0) is 68.7 Å². The summed E-state index contributed by atoms with van der Waals surface area (Å²) in [6, 6.07) is 16.0. The molecule has 1 aromatic heterocycles. The predicted molar refractivity (Wildman–Crippen MR) is 135 cm³/mol. The van der Waals surface area contributed by atoms with Crippen molar-refractivity contribution in [2.24, 2.45) is 5.92 Å². The van der Waals surface area contributed by atoms with Crippen molar-refractivity contribution in [3.8, 4) is 17.1 Å². The number of nitrogens with zero attached hydrogens (tertiary/aromatic N) is 3. The summed E-state index contributed by atoms with van der Waals surface area (Å²) < 4.78 is 11.3. The SMILES string of the molecule is CCOc1ccc(-c2noc(C3=C(C)N(CC(C)C)C(=S)NC3c3ccc(C)cc3)n2)cc1. The van der Waals surface area contributed by atoms with E-state index in [1.165, 1.54) is 5.56 Å². The van der Waals surface area contributed by atoms with Crippen LogP contribution in [0.3, 0.4) is 0 Å². The highest BCUT2D eigenvalue weighted by atomic mass is 32.1. The molecular formula is C26H30N4O2S. The fourth-order valence-electron chi connectivity index (χ4n) is 3.97. The van der Waals surface area contributed by atoms with Crippen LogP contribution in [0.15, 0.2) is 58.8 Å². The minimum Gasteiger partial charge on any atom is -0.494 e. The molecule has 0 bridgehead atoms. The second-order valence-electron chi connectivity index (χ2n) is 8.68. The summed E-state index contributed by atoms with van der Waals surface area (Å²) in [6.45, 7) is 11.9. The van der Waals surface area contributed by atoms with Gasteiger partial charge in [-0.2, -0.15) is 4.98 Å². The first-order valence-corrected chi connectivity index (χ1v) is 11.7. The van der Waals surface area contributed by atoms with Gasteiger partial charge in [-0.25, -0.2) is 0 Å². The number of hydrogen-bond donors (Lipinski definition) is 1. The van der Waals surface area contributed by atoms with E-state index in [1.54, 1.807) is 0 Å². The maximum Gasteiger partial charge on any atom is 0.258 e. The lowest BCUT2D eigenvalue weighted by molar-refractivity contribution is 0.340. The molecule has 172 valence electrons. The van der Waals surface area contributed by atoms with Crippen LogP contribution in [0.4, 0.5) is 0 Å². The predicted octanol–water partition coefficient (Wildman–Crippen LogP) is 5.76. The molecule has 1 N–H and O–H groups in total. The van der Waals surface area contributed by atoms with Crippen LogP contribution < -0.4 is 10.1 Å². The molecule has 2 heterocycles. The summed E-state index contributed by atoms with van der Waals surface area (Å²) in [5.41, 5.74) is 5.15. The third kappa shape index (κ3) is 4.93. The first kappa shape index (κ1) is 23.0. The van der Waals surface area contributed by atoms with Crippen LogP contribution in [-0.2, 0) is 0 Å². The largest absolute Gasteiger partial charge is 0.494 e. The second-order valence-corrected chi connectivity index (χ2v) is 9.06. The number of hydrogen-bond acceptors (Lipinski definition) is 5. The molecule has 0 spiro atoms. The van der Waals surface area contributed by atoms with Crippen LogP contribution in [0, 0.1) is 12.8 Å². The average molecular weight is 463 g/mol. The number of ether oxygens (including phenoxy) is 1. The molecule has 1 aliphatic heterocycles. The van der Waals surface area contributed by atoms with Gasteiger partial charge in [0.1, 0.15) is 5.75 Å². The fourth-order valence-corrected chi connectivity index (χ4v) is 4.30. The summed E-state index contributed by atoms with van der Waals surface area (Å²) in [4.78, 5) is 6.90. The minimum atomic E-state index is -0.171. The molecule has 33 heavy (non-hydrogen) atoms. The monoisotopic (exact) mass is 462 g/mol. The maximum absolute atomic E-state index is 5.81. The van der Waals surface area contributed by atoms with E-state index < -0.39 is 0 Å². The number of thiocarbonyl (C=S) groups is 1. The van der Waals surface area contributed by atoms with Gasteiger partial charge in [-0.3, -0.25) is 0 Å². The normalized spacial score (nSPS) is 16.4. The first-order chi connectivity index (χ1) is 15.9. The number of benzene rings is 2. The van der Waals surface area contributed by atoms with Crippen molar-refractivity contribution in [1.82, 2.24) is 20.4 Å². The van der Waals surface area contributed by atoms with Crippen LogP contribution in [0.2, 0.25) is 0 Å². The molecule has 0 radical (unpaired) electrons. The average Bonchev–Trinajstić information content (AvgIpc) is 3.27. The zero-order valence-electron chi connectivity index (χ0n) is 19.8. The van der Waals surface area contributed by atoms with Crippen LogP contribution in [-0.4, -0.2) is 33.3 Å². The van der Waals surface area contributed by atoms with Crippen LogP contribution in [0.1, 0.15) is 50.8 Å². The van der Waals surface area contributed by atoms with Gasteiger partial charge in [-0.15, -0.1) is 0 Å². The quantitative estimate of drug-likeness (QED) is 0.448. The Morgan fingerprint density at radius 3 is 2.42 bits per heavy atom. The molecule has 6 nitrogen and oxygen atoms in total. The number of aromatic nitrogens is 2. The topological polar surface area (TPSA) is 63.4 Å². The Morgan fingerprint density at radius 1 is 1.09 bits per heavy atom. The summed E-state index contributed by atoms with van der Waals surface area (Å²) in [6.07, 6.45) is 0. The van der Waals surface area contributed by atoms with Crippen molar-refractivity contribution in [1.29, 1.82) is 0 Å². The Labute approximate surface area is 200 Å². The van der Waals surface area contributed by atoms with E-state index in [4.69, 9.17) is 26.5 Å². The van der Waals surface area contributed by atoms with Gasteiger partial charge >= 0.3 is 0 Å². The highest BCUT2D eigenvalue weighted by Gasteiger charge is 2.34. The third-order valence-corrected chi connectivity index (χ3v) is 5.97. The highest BCUT2D eigenvalue weighted by Crippen LogP contribution is 2.37. The van der Waals surface area contributed by atoms with Gasteiger partial charge in [0.2, 0.25) is 5.82 Å². The summed E-state index contributed by atoms with van der Waals surface area (Å²) in [5.74, 6) is 2.29. The summed E-state index contributed by atoms with van der Waals surface area (Å²) in [5, 5.41) is 8.50. The third-order valence-electron chi connectivity index (χ3n) is 5.63. The molecule has 3 aromatic rings. The van der Waals surface area contributed by atoms with Crippen molar-refractivity contribution in [2.75, 3.05) is 13.2 Å². The lowest BCUT2D eigenvalue weighted by Gasteiger charge is -2.38. The van der Waals surface area contributed by atoms with Gasteiger partial charge < -0.3 is 19.5 Å². The number of allylic oxidation sites excluding steroid dienone is 1. The fraction of sp³-hybridized carbons (Fsp3) is 0.346. The van der Waals surface area contributed by atoms with E-state index in [-0.39, 0.29) is 6.04 Å². The molecule has 1 aliphatic rings. The Bertz CT molecular complexity index is 1150. The van der Waals surface area contributed by atoms with E-state index in [0.717, 1.165) is 34.7 Å². The van der Waals surface area contributed by atoms with E-state index in [2.05, 4.69) is 67.3 Å². The van der Waals surface area contributed by atoms with Crippen molar-refractivity contribution < 1.29 is 9.26 Å². The van der Waals surface area contributed by atoms with Crippen molar-refractivity contribution in [3.63, 3.8) is 0 Å². The van der Waals surface area contributed by atoms with Crippen LogP contribution in [0.5, 0.6) is 5.75 Å². The van der Waals surface area contributed by atoms with Crippen molar-refractivity contribution >= 4 is 22.9 Å². The summed E-state index contributed by atoms with van der Waals surface area (Å²) in [7, 11) is 0. The molecule has 4 rings (SSSR count). The highest BCUT2D eigenvalue weighted by molar-refractivity contribution is 7.80. The van der Waals surface area contributed by atoms with Crippen molar-refractivity contribution in [2.45, 2.75) is 40.7 Å². The summed E-state index contributed by atoms with van der Waals surface area (Å²) >= 11 is 5.75. The van der Waals surface area contributed by atoms with E-state index in [0.29, 0.717) is 29.4 Å².